The highest BCUT2D eigenvalue weighted by atomic mass is 15.1. The van der Waals surface area contributed by atoms with E-state index in [1.54, 1.807) is 0 Å². The van der Waals surface area contributed by atoms with E-state index in [1.807, 2.05) is 0 Å². The van der Waals surface area contributed by atoms with Crippen molar-refractivity contribution < 1.29 is 4.57 Å². The number of nitrogens with zero attached hydrogens (tertiary/aromatic N) is 1. The number of hydrogen-bond donors (Lipinski definition) is 1. The first kappa shape index (κ1) is 45.2. The van der Waals surface area contributed by atoms with Crippen LogP contribution >= 0.6 is 0 Å². The highest BCUT2D eigenvalue weighted by Crippen LogP contribution is 2.27. The van der Waals surface area contributed by atoms with E-state index in [-0.39, 0.29) is 0 Å². The van der Waals surface area contributed by atoms with Crippen molar-refractivity contribution >= 4 is 0 Å². The first-order valence-electron chi connectivity index (χ1n) is 22.8. The Balaban J connectivity index is 2.28. The minimum atomic E-state index is 0.618. The van der Waals surface area contributed by atoms with E-state index in [9.17, 15) is 0 Å². The molecule has 2 nitrogen and oxygen atoms in total. The smallest absolute Gasteiger partial charge is 0.247 e. The van der Waals surface area contributed by atoms with E-state index < -0.39 is 0 Å². The van der Waals surface area contributed by atoms with Crippen molar-refractivity contribution in [3.8, 4) is 0 Å². The molecule has 0 amide bonds. The maximum atomic E-state index is 3.76. The maximum Gasteiger partial charge on any atom is 0.257 e. The second kappa shape index (κ2) is 36.0. The molecular weight excluding hydrogens is 581 g/mol. The van der Waals surface area contributed by atoms with Crippen LogP contribution < -0.4 is 4.57 Å². The van der Waals surface area contributed by atoms with Crippen LogP contribution in [-0.4, -0.2) is 4.98 Å². The van der Waals surface area contributed by atoms with Crippen molar-refractivity contribution in [2.45, 2.75) is 277 Å². The molecule has 0 saturated heterocycles. The molecule has 48 heavy (non-hydrogen) atoms. The molecule has 0 aliphatic heterocycles. The molecule has 1 rings (SSSR count). The molecule has 0 aromatic carbocycles. The molecule has 284 valence electrons. The highest BCUT2D eigenvalue weighted by molar-refractivity contribution is 4.90. The minimum Gasteiger partial charge on any atom is -0.247 e. The molecule has 1 heterocycles. The SMILES string of the molecule is CCCCCCCCCCCCCCCCCCC(CCCCCCCCCCCCCCCC)c1[nH]cc[n+]1C(C)CCCCCC. The number of aromatic amines is 1. The Morgan fingerprint density at radius 3 is 1.00 bits per heavy atom. The van der Waals surface area contributed by atoms with E-state index in [0.29, 0.717) is 12.0 Å². The quantitative estimate of drug-likeness (QED) is 0.0531. The van der Waals surface area contributed by atoms with Gasteiger partial charge in [-0.15, -0.1) is 0 Å². The summed E-state index contributed by atoms with van der Waals surface area (Å²) in [6.07, 6.45) is 57.7. The van der Waals surface area contributed by atoms with Gasteiger partial charge in [-0.05, 0) is 32.6 Å². The van der Waals surface area contributed by atoms with Crippen LogP contribution in [0.4, 0.5) is 0 Å². The lowest BCUT2D eigenvalue weighted by atomic mass is 9.92. The summed E-state index contributed by atoms with van der Waals surface area (Å²) in [5.41, 5.74) is 0. The molecule has 0 spiro atoms. The summed E-state index contributed by atoms with van der Waals surface area (Å²) >= 11 is 0. The van der Waals surface area contributed by atoms with Crippen LogP contribution in [0, 0.1) is 0 Å². The van der Waals surface area contributed by atoms with Gasteiger partial charge in [0.05, 0.1) is 12.0 Å². The van der Waals surface area contributed by atoms with Crippen LogP contribution in [-0.2, 0) is 0 Å². The summed E-state index contributed by atoms with van der Waals surface area (Å²) in [4.78, 5) is 3.76. The van der Waals surface area contributed by atoms with E-state index in [4.69, 9.17) is 0 Å². The van der Waals surface area contributed by atoms with Gasteiger partial charge in [0, 0.05) is 0 Å². The minimum absolute atomic E-state index is 0.618. The van der Waals surface area contributed by atoms with Gasteiger partial charge in [-0.2, -0.15) is 0 Å². The van der Waals surface area contributed by atoms with Gasteiger partial charge in [-0.25, -0.2) is 9.55 Å². The molecule has 1 N–H and O–H groups in total. The van der Waals surface area contributed by atoms with E-state index in [0.717, 1.165) is 0 Å². The summed E-state index contributed by atoms with van der Waals surface area (Å²) < 4.78 is 2.63. The van der Waals surface area contributed by atoms with Crippen LogP contribution in [0.2, 0.25) is 0 Å². The number of H-pyrrole nitrogens is 1. The second-order valence-electron chi connectivity index (χ2n) is 16.1. The molecule has 0 bridgehead atoms. The van der Waals surface area contributed by atoms with E-state index in [1.165, 1.54) is 243 Å². The molecule has 2 unspecified atom stereocenters. The molecule has 0 saturated carbocycles. The predicted molar refractivity (Wildman–Crippen MR) is 216 cm³/mol. The first-order valence-corrected chi connectivity index (χ1v) is 22.8. The number of aromatic nitrogens is 2. The van der Waals surface area contributed by atoms with Gasteiger partial charge in [0.1, 0.15) is 12.4 Å². The molecular formula is C46H91N2+. The largest absolute Gasteiger partial charge is 0.257 e. The van der Waals surface area contributed by atoms with Gasteiger partial charge in [0.2, 0.25) is 0 Å². The van der Waals surface area contributed by atoms with Crippen LogP contribution in [0.3, 0.4) is 0 Å². The number of unbranched alkanes of at least 4 members (excludes halogenated alkanes) is 31. The summed E-state index contributed by atoms with van der Waals surface area (Å²) in [6.45, 7) is 9.41. The fourth-order valence-electron chi connectivity index (χ4n) is 8.02. The normalized spacial score (nSPS) is 13.0. The lowest BCUT2D eigenvalue weighted by Gasteiger charge is -2.17. The summed E-state index contributed by atoms with van der Waals surface area (Å²) in [5.74, 6) is 2.25. The van der Waals surface area contributed by atoms with Crippen molar-refractivity contribution in [3.05, 3.63) is 18.2 Å². The molecule has 0 radical (unpaired) electrons. The Bertz CT molecular complexity index is 738. The standard InChI is InChI=1S/C46H90N2/c1-5-8-11-14-16-18-20-22-24-25-27-29-31-33-35-38-41-45(46-47-42-43-48(46)44(4)39-36-13-10-7-3)40-37-34-32-30-28-26-23-21-19-17-15-12-9-6-2/h42-45H,5-41H2,1-4H3/p+1. The van der Waals surface area contributed by atoms with Crippen LogP contribution in [0.5, 0.6) is 0 Å². The predicted octanol–water partition coefficient (Wildman–Crippen LogP) is 16.4. The molecule has 1 aromatic heterocycles. The van der Waals surface area contributed by atoms with Gasteiger partial charge >= 0.3 is 0 Å². The second-order valence-corrected chi connectivity index (χ2v) is 16.1. The highest BCUT2D eigenvalue weighted by Gasteiger charge is 2.25. The maximum absolute atomic E-state index is 3.76. The van der Waals surface area contributed by atoms with Crippen LogP contribution in [0.25, 0.3) is 0 Å². The van der Waals surface area contributed by atoms with Gasteiger partial charge in [0.25, 0.3) is 5.82 Å². The third-order valence-corrected chi connectivity index (χ3v) is 11.4. The lowest BCUT2D eigenvalue weighted by molar-refractivity contribution is -0.727. The van der Waals surface area contributed by atoms with Gasteiger partial charge < -0.3 is 0 Å². The Morgan fingerprint density at radius 1 is 0.396 bits per heavy atom. The number of nitrogens with one attached hydrogen (secondary N) is 1. The molecule has 2 atom stereocenters. The average Bonchev–Trinajstić information content (AvgIpc) is 3.59. The zero-order chi connectivity index (χ0) is 34.6. The van der Waals surface area contributed by atoms with Crippen molar-refractivity contribution in [1.82, 2.24) is 4.98 Å². The molecule has 0 fully saturated rings. The average molecular weight is 672 g/mol. The Morgan fingerprint density at radius 2 is 0.667 bits per heavy atom. The first-order chi connectivity index (χ1) is 23.7. The van der Waals surface area contributed by atoms with Crippen LogP contribution in [0.1, 0.15) is 283 Å². The van der Waals surface area contributed by atoms with Gasteiger partial charge in [0.15, 0.2) is 0 Å². The third kappa shape index (κ3) is 27.0. The van der Waals surface area contributed by atoms with E-state index >= 15 is 0 Å². The van der Waals surface area contributed by atoms with Crippen molar-refractivity contribution in [1.29, 1.82) is 0 Å². The number of rotatable bonds is 39. The third-order valence-electron chi connectivity index (χ3n) is 11.4. The topological polar surface area (TPSA) is 19.7 Å². The summed E-state index contributed by atoms with van der Waals surface area (Å²) in [5, 5.41) is 0. The molecule has 1 aromatic rings. The van der Waals surface area contributed by atoms with Gasteiger partial charge in [-0.1, -0.05) is 233 Å². The molecule has 0 aliphatic rings. The number of hydrogen-bond acceptors (Lipinski definition) is 0. The Labute approximate surface area is 304 Å². The summed E-state index contributed by atoms with van der Waals surface area (Å²) in [7, 11) is 0. The van der Waals surface area contributed by atoms with Crippen molar-refractivity contribution in [2.75, 3.05) is 0 Å². The van der Waals surface area contributed by atoms with Gasteiger partial charge in [-0.3, -0.25) is 0 Å². The zero-order valence-electron chi connectivity index (χ0n) is 33.9. The number of imidazole rings is 1. The lowest BCUT2D eigenvalue weighted by Crippen LogP contribution is -2.41. The fourth-order valence-corrected chi connectivity index (χ4v) is 8.02. The summed E-state index contributed by atoms with van der Waals surface area (Å²) in [6, 6.07) is 0.618. The van der Waals surface area contributed by atoms with E-state index in [2.05, 4.69) is 49.6 Å². The Hall–Kier alpha value is -0.790. The molecule has 0 aliphatic carbocycles. The monoisotopic (exact) mass is 672 g/mol. The van der Waals surface area contributed by atoms with Crippen LogP contribution in [0.15, 0.2) is 12.4 Å². The Kier molecular flexibility index (Phi) is 33.9. The van der Waals surface area contributed by atoms with Crippen molar-refractivity contribution in [2.24, 2.45) is 0 Å². The molecule has 2 heteroatoms. The zero-order valence-corrected chi connectivity index (χ0v) is 33.9. The van der Waals surface area contributed by atoms with Crippen molar-refractivity contribution in [3.63, 3.8) is 0 Å². The fraction of sp³-hybridized carbons (Fsp3) is 0.935.